The number of methoxy groups -OCH3 is 1. The van der Waals surface area contributed by atoms with Crippen LogP contribution in [-0.4, -0.2) is 65.2 Å². The Bertz CT molecular complexity index is 790. The Kier molecular flexibility index (Phi) is 8.80. The highest BCUT2D eigenvalue weighted by Gasteiger charge is 2.22. The number of hydrogen-bond acceptors (Lipinski definition) is 5. The van der Waals surface area contributed by atoms with Crippen molar-refractivity contribution < 1.29 is 4.74 Å². The van der Waals surface area contributed by atoms with E-state index in [1.54, 1.807) is 13.3 Å². The van der Waals surface area contributed by atoms with E-state index >= 15 is 0 Å². The fourth-order valence-electron chi connectivity index (χ4n) is 3.00. The lowest BCUT2D eigenvalue weighted by Gasteiger charge is -2.36. The van der Waals surface area contributed by atoms with Gasteiger partial charge in [0.2, 0.25) is 11.8 Å². The molecule has 0 aliphatic carbocycles. The van der Waals surface area contributed by atoms with Crippen LogP contribution in [0.3, 0.4) is 0 Å². The van der Waals surface area contributed by atoms with Crippen LogP contribution in [0, 0.1) is 0 Å². The van der Waals surface area contributed by atoms with Gasteiger partial charge in [-0.25, -0.2) is 9.98 Å². The lowest BCUT2D eigenvalue weighted by molar-refractivity contribution is 0.366. The SMILES string of the molecule is CCNC(=NCc1ccn(C)c1)N1CCN(c2ncc(Br)c(OC)n2)CC1.I. The zero-order valence-corrected chi connectivity index (χ0v) is 20.3. The summed E-state index contributed by atoms with van der Waals surface area (Å²) in [5.74, 6) is 2.21. The minimum absolute atomic E-state index is 0. The van der Waals surface area contributed by atoms with Gasteiger partial charge in [0.05, 0.1) is 24.3 Å². The molecule has 0 radical (unpaired) electrons. The van der Waals surface area contributed by atoms with E-state index in [1.807, 2.05) is 17.8 Å². The Labute approximate surface area is 191 Å². The summed E-state index contributed by atoms with van der Waals surface area (Å²) >= 11 is 3.40. The summed E-state index contributed by atoms with van der Waals surface area (Å²) in [6.45, 7) is 7.01. The number of aryl methyl sites for hydroxylation is 1. The molecule has 2 aromatic rings. The van der Waals surface area contributed by atoms with Crippen LogP contribution in [0.2, 0.25) is 0 Å². The van der Waals surface area contributed by atoms with Gasteiger partial charge in [-0.3, -0.25) is 0 Å². The summed E-state index contributed by atoms with van der Waals surface area (Å²) in [7, 11) is 3.64. The van der Waals surface area contributed by atoms with Gasteiger partial charge in [0.15, 0.2) is 5.96 Å². The quantitative estimate of drug-likeness (QED) is 0.342. The summed E-state index contributed by atoms with van der Waals surface area (Å²) in [6.07, 6.45) is 5.88. The summed E-state index contributed by atoms with van der Waals surface area (Å²) in [4.78, 5) is 18.2. The fraction of sp³-hybridized carbons (Fsp3) is 0.500. The first-order valence-electron chi connectivity index (χ1n) is 9.06. The molecule has 28 heavy (non-hydrogen) atoms. The molecule has 0 amide bonds. The molecule has 1 saturated heterocycles. The summed E-state index contributed by atoms with van der Waals surface area (Å²) in [5, 5.41) is 3.40. The molecular formula is C18H27BrIN7O. The zero-order valence-electron chi connectivity index (χ0n) is 16.4. The Morgan fingerprint density at radius 2 is 2.07 bits per heavy atom. The minimum Gasteiger partial charge on any atom is -0.480 e. The monoisotopic (exact) mass is 563 g/mol. The van der Waals surface area contributed by atoms with Crippen LogP contribution in [0.5, 0.6) is 5.88 Å². The lowest BCUT2D eigenvalue weighted by Crippen LogP contribution is -2.53. The van der Waals surface area contributed by atoms with E-state index in [0.717, 1.165) is 43.2 Å². The molecule has 0 bridgehead atoms. The van der Waals surface area contributed by atoms with Gasteiger partial charge in [-0.05, 0) is 34.5 Å². The predicted molar refractivity (Wildman–Crippen MR) is 126 cm³/mol. The Morgan fingerprint density at radius 3 is 2.68 bits per heavy atom. The number of aliphatic imine (C=N–C) groups is 1. The number of halogens is 2. The molecule has 1 aliphatic heterocycles. The number of ether oxygens (including phenoxy) is 1. The second-order valence-corrected chi connectivity index (χ2v) is 7.21. The van der Waals surface area contributed by atoms with Crippen molar-refractivity contribution in [1.29, 1.82) is 0 Å². The first kappa shape index (κ1) is 22.7. The van der Waals surface area contributed by atoms with E-state index < -0.39 is 0 Å². The predicted octanol–water partition coefficient (Wildman–Crippen LogP) is 2.49. The Morgan fingerprint density at radius 1 is 1.32 bits per heavy atom. The van der Waals surface area contributed by atoms with Crippen molar-refractivity contribution in [3.63, 3.8) is 0 Å². The maximum Gasteiger partial charge on any atom is 0.232 e. The second kappa shape index (κ2) is 10.8. The highest BCUT2D eigenvalue weighted by Crippen LogP contribution is 2.23. The van der Waals surface area contributed by atoms with Crippen LogP contribution in [0.1, 0.15) is 12.5 Å². The molecule has 0 spiro atoms. The van der Waals surface area contributed by atoms with Crippen molar-refractivity contribution in [2.45, 2.75) is 13.5 Å². The third-order valence-electron chi connectivity index (χ3n) is 4.39. The third-order valence-corrected chi connectivity index (χ3v) is 4.94. The molecule has 154 valence electrons. The van der Waals surface area contributed by atoms with E-state index in [0.29, 0.717) is 18.4 Å². The largest absolute Gasteiger partial charge is 0.480 e. The normalized spacial score (nSPS) is 14.6. The number of hydrogen-bond donors (Lipinski definition) is 1. The lowest BCUT2D eigenvalue weighted by atomic mass is 10.3. The second-order valence-electron chi connectivity index (χ2n) is 6.36. The number of aromatic nitrogens is 3. The molecule has 10 heteroatoms. The topological polar surface area (TPSA) is 70.8 Å². The summed E-state index contributed by atoms with van der Waals surface area (Å²) in [5.41, 5.74) is 1.21. The van der Waals surface area contributed by atoms with Crippen LogP contribution in [0.15, 0.2) is 34.1 Å². The van der Waals surface area contributed by atoms with Crippen molar-refractivity contribution in [3.05, 3.63) is 34.7 Å². The number of rotatable bonds is 5. The molecule has 3 heterocycles. The van der Waals surface area contributed by atoms with E-state index in [1.165, 1.54) is 5.56 Å². The third kappa shape index (κ3) is 5.72. The molecule has 1 N–H and O–H groups in total. The van der Waals surface area contributed by atoms with Crippen LogP contribution in [-0.2, 0) is 13.6 Å². The average molecular weight is 564 g/mol. The molecule has 0 saturated carbocycles. The van der Waals surface area contributed by atoms with Gasteiger partial charge in [-0.2, -0.15) is 4.98 Å². The van der Waals surface area contributed by atoms with Gasteiger partial charge in [-0.15, -0.1) is 24.0 Å². The average Bonchev–Trinajstić information content (AvgIpc) is 3.11. The standard InChI is InChI=1S/C18H26BrN7O.HI/c1-4-20-17(21-11-14-5-6-24(2)13-14)25-7-9-26(10-8-25)18-22-12-15(19)16(23-18)27-3;/h5-6,12-13H,4,7-11H2,1-3H3,(H,20,21);1H. The van der Waals surface area contributed by atoms with E-state index in [-0.39, 0.29) is 24.0 Å². The summed E-state index contributed by atoms with van der Waals surface area (Å²) in [6, 6.07) is 2.10. The molecule has 2 aromatic heterocycles. The summed E-state index contributed by atoms with van der Waals surface area (Å²) < 4.78 is 8.08. The number of piperazine rings is 1. The maximum absolute atomic E-state index is 5.28. The van der Waals surface area contributed by atoms with Crippen molar-refractivity contribution in [3.8, 4) is 5.88 Å². The van der Waals surface area contributed by atoms with E-state index in [9.17, 15) is 0 Å². The van der Waals surface area contributed by atoms with Gasteiger partial charge in [0.1, 0.15) is 0 Å². The van der Waals surface area contributed by atoms with Gasteiger partial charge >= 0.3 is 0 Å². The van der Waals surface area contributed by atoms with Gasteiger partial charge in [-0.1, -0.05) is 0 Å². The highest BCUT2D eigenvalue weighted by molar-refractivity contribution is 14.0. The molecule has 0 atom stereocenters. The van der Waals surface area contributed by atoms with Crippen LogP contribution >= 0.6 is 39.9 Å². The van der Waals surface area contributed by atoms with Crippen LogP contribution < -0.4 is 15.0 Å². The van der Waals surface area contributed by atoms with Crippen molar-refractivity contribution in [1.82, 2.24) is 24.8 Å². The smallest absolute Gasteiger partial charge is 0.232 e. The molecule has 1 fully saturated rings. The highest BCUT2D eigenvalue weighted by atomic mass is 127. The molecule has 0 unspecified atom stereocenters. The Hall–Kier alpha value is -1.56. The molecule has 3 rings (SSSR count). The number of guanidine groups is 1. The van der Waals surface area contributed by atoms with Gasteiger partial charge < -0.3 is 24.4 Å². The Balaban J connectivity index is 0.00000280. The maximum atomic E-state index is 5.28. The van der Waals surface area contributed by atoms with Crippen molar-refractivity contribution in [2.24, 2.45) is 12.0 Å². The fourth-order valence-corrected chi connectivity index (χ4v) is 3.36. The van der Waals surface area contributed by atoms with Crippen molar-refractivity contribution >= 4 is 51.8 Å². The first-order chi connectivity index (χ1) is 13.1. The van der Waals surface area contributed by atoms with E-state index in [2.05, 4.69) is 60.2 Å². The van der Waals surface area contributed by atoms with E-state index in [4.69, 9.17) is 9.73 Å². The molecular weight excluding hydrogens is 537 g/mol. The zero-order chi connectivity index (χ0) is 19.2. The first-order valence-corrected chi connectivity index (χ1v) is 9.85. The number of nitrogens with zero attached hydrogens (tertiary/aromatic N) is 6. The van der Waals surface area contributed by atoms with Crippen LogP contribution in [0.25, 0.3) is 0 Å². The minimum atomic E-state index is 0. The molecule has 1 aliphatic rings. The number of anilines is 1. The van der Waals surface area contributed by atoms with Gasteiger partial charge in [0, 0.05) is 52.2 Å². The van der Waals surface area contributed by atoms with Crippen molar-refractivity contribution in [2.75, 3.05) is 44.7 Å². The van der Waals surface area contributed by atoms with Crippen LogP contribution in [0.4, 0.5) is 5.95 Å². The molecule has 8 nitrogen and oxygen atoms in total. The van der Waals surface area contributed by atoms with Gasteiger partial charge in [0.25, 0.3) is 0 Å². The number of nitrogens with one attached hydrogen (secondary N) is 1. The molecule has 0 aromatic carbocycles.